The number of ether oxygens (including phenoxy) is 3. The second-order valence-electron chi connectivity index (χ2n) is 8.57. The number of nitrogens with zero attached hydrogens (tertiary/aromatic N) is 3. The van der Waals surface area contributed by atoms with Crippen LogP contribution in [0.2, 0.25) is 0 Å². The minimum Gasteiger partial charge on any atom is -0.493 e. The zero-order valence-electron chi connectivity index (χ0n) is 18.2. The van der Waals surface area contributed by atoms with Crippen LogP contribution >= 0.6 is 7.67 Å². The van der Waals surface area contributed by atoms with Crippen LogP contribution in [-0.2, 0) is 9.09 Å². The SMILES string of the molecule is CN1COc2c(Oc3cc4c(cc3N)OCCC4OP(=O)(N3CC3)N3CC3)cccc2C1=O. The van der Waals surface area contributed by atoms with Gasteiger partial charge in [-0.2, -0.15) is 0 Å². The molecule has 6 rings (SSSR count). The maximum absolute atomic E-state index is 13.6. The zero-order valence-corrected chi connectivity index (χ0v) is 19.1. The Morgan fingerprint density at radius 3 is 2.58 bits per heavy atom. The number of benzene rings is 2. The van der Waals surface area contributed by atoms with E-state index in [1.165, 1.54) is 4.90 Å². The van der Waals surface area contributed by atoms with Crippen molar-refractivity contribution in [3.63, 3.8) is 0 Å². The quantitative estimate of drug-likeness (QED) is 0.386. The number of carbonyl (C=O) groups is 1. The molecule has 0 spiro atoms. The number of hydrogen-bond acceptors (Lipinski definition) is 7. The summed E-state index contributed by atoms with van der Waals surface area (Å²) in [5.74, 6) is 1.64. The molecular weight excluding hydrogens is 447 g/mol. The van der Waals surface area contributed by atoms with E-state index >= 15 is 0 Å². The number of nitrogens with two attached hydrogens (primary N) is 1. The molecule has 0 radical (unpaired) electrons. The standard InChI is InChI=1S/C22H25N4O6P/c1-24-13-30-21-14(22(24)27)3-2-4-18(21)31-20-11-15-17(5-10-29-19(15)12-16(20)23)32-33(28,25-6-7-25)26-8-9-26/h2-4,11-12,17H,5-10,13,23H2,1H3. The number of hydrogen-bond donors (Lipinski definition) is 1. The van der Waals surface area contributed by atoms with Crippen molar-refractivity contribution in [2.45, 2.75) is 12.5 Å². The van der Waals surface area contributed by atoms with E-state index in [9.17, 15) is 9.36 Å². The maximum atomic E-state index is 13.6. The summed E-state index contributed by atoms with van der Waals surface area (Å²) in [4.78, 5) is 14.0. The van der Waals surface area contributed by atoms with Crippen molar-refractivity contribution >= 4 is 19.3 Å². The fourth-order valence-electron chi connectivity index (χ4n) is 4.13. The third-order valence-electron chi connectivity index (χ3n) is 6.13. The Kier molecular flexibility index (Phi) is 4.81. The van der Waals surface area contributed by atoms with Crippen molar-refractivity contribution in [1.29, 1.82) is 0 Å². The summed E-state index contributed by atoms with van der Waals surface area (Å²) in [7, 11) is -1.33. The van der Waals surface area contributed by atoms with E-state index < -0.39 is 13.8 Å². The molecule has 174 valence electrons. The third kappa shape index (κ3) is 3.63. The molecule has 4 aliphatic rings. The van der Waals surface area contributed by atoms with Gasteiger partial charge in [0.25, 0.3) is 5.91 Å². The number of amides is 1. The van der Waals surface area contributed by atoms with Crippen molar-refractivity contribution in [1.82, 2.24) is 14.2 Å². The summed E-state index contributed by atoms with van der Waals surface area (Å²) in [5, 5.41) is 0. The van der Waals surface area contributed by atoms with E-state index in [1.54, 1.807) is 37.4 Å². The molecule has 1 unspecified atom stereocenters. The van der Waals surface area contributed by atoms with Crippen LogP contribution in [0.4, 0.5) is 5.69 Å². The van der Waals surface area contributed by atoms with Crippen LogP contribution in [0.5, 0.6) is 23.0 Å². The van der Waals surface area contributed by atoms with Gasteiger partial charge in [0.2, 0.25) is 0 Å². The Morgan fingerprint density at radius 1 is 1.09 bits per heavy atom. The monoisotopic (exact) mass is 472 g/mol. The first kappa shape index (κ1) is 20.8. The molecule has 10 nitrogen and oxygen atoms in total. The predicted octanol–water partition coefficient (Wildman–Crippen LogP) is 3.06. The average molecular weight is 472 g/mol. The number of para-hydroxylation sites is 1. The van der Waals surface area contributed by atoms with Crippen LogP contribution in [0.25, 0.3) is 0 Å². The first-order chi connectivity index (χ1) is 15.9. The molecule has 11 heteroatoms. The highest BCUT2D eigenvalue weighted by atomic mass is 31.2. The molecule has 2 aromatic rings. The second kappa shape index (κ2) is 7.63. The van der Waals surface area contributed by atoms with Crippen molar-refractivity contribution in [2.75, 3.05) is 52.3 Å². The highest BCUT2D eigenvalue weighted by molar-refractivity contribution is 7.54. The normalized spacial score (nSPS) is 22.2. The lowest BCUT2D eigenvalue weighted by Gasteiger charge is -2.31. The average Bonchev–Trinajstić information content (AvgIpc) is 3.70. The van der Waals surface area contributed by atoms with Gasteiger partial charge in [0.1, 0.15) is 5.75 Å². The molecular formula is C22H25N4O6P. The Hall–Kier alpha value is -2.78. The lowest BCUT2D eigenvalue weighted by atomic mass is 10.0. The number of carbonyl (C=O) groups excluding carboxylic acids is 1. The topological polar surface area (TPSA) is 106 Å². The van der Waals surface area contributed by atoms with Crippen LogP contribution in [0.15, 0.2) is 30.3 Å². The van der Waals surface area contributed by atoms with Gasteiger partial charge in [-0.1, -0.05) is 6.07 Å². The first-order valence-corrected chi connectivity index (χ1v) is 12.5. The van der Waals surface area contributed by atoms with E-state index in [1.807, 2.05) is 9.34 Å². The highest BCUT2D eigenvalue weighted by Gasteiger charge is 2.51. The maximum Gasteiger partial charge on any atom is 0.346 e. The van der Waals surface area contributed by atoms with Gasteiger partial charge in [0.15, 0.2) is 24.0 Å². The summed E-state index contributed by atoms with van der Waals surface area (Å²) in [6.07, 6.45) is 0.173. The van der Waals surface area contributed by atoms with Crippen LogP contribution in [0.1, 0.15) is 28.4 Å². The van der Waals surface area contributed by atoms with E-state index in [0.29, 0.717) is 47.3 Å². The van der Waals surface area contributed by atoms with E-state index in [4.69, 9.17) is 24.5 Å². The van der Waals surface area contributed by atoms with Crippen LogP contribution in [0.3, 0.4) is 0 Å². The lowest BCUT2D eigenvalue weighted by molar-refractivity contribution is 0.0589. The molecule has 1 atom stereocenters. The van der Waals surface area contributed by atoms with Gasteiger partial charge >= 0.3 is 7.67 Å². The molecule has 4 heterocycles. The van der Waals surface area contributed by atoms with Crippen molar-refractivity contribution in [3.05, 3.63) is 41.5 Å². The molecule has 1 amide bonds. The molecule has 0 aromatic heterocycles. The fraction of sp³-hybridized carbons (Fsp3) is 0.409. The van der Waals surface area contributed by atoms with Crippen molar-refractivity contribution in [2.24, 2.45) is 0 Å². The number of nitrogen functional groups attached to an aromatic ring is 1. The molecule has 2 N–H and O–H groups in total. The molecule has 2 fully saturated rings. The molecule has 2 saturated heterocycles. The van der Waals surface area contributed by atoms with Crippen LogP contribution in [-0.4, -0.2) is 66.7 Å². The Balaban J connectivity index is 1.32. The fourth-order valence-corrected chi connectivity index (χ4v) is 6.49. The van der Waals surface area contributed by atoms with E-state index in [-0.39, 0.29) is 12.6 Å². The molecule has 0 aliphatic carbocycles. The van der Waals surface area contributed by atoms with Gasteiger partial charge in [-0.3, -0.25) is 13.9 Å². The number of anilines is 1. The van der Waals surface area contributed by atoms with Gasteiger partial charge in [0.05, 0.1) is 24.0 Å². The molecule has 0 bridgehead atoms. The summed E-state index contributed by atoms with van der Waals surface area (Å²) < 4.78 is 41.3. The van der Waals surface area contributed by atoms with Crippen molar-refractivity contribution < 1.29 is 28.1 Å². The van der Waals surface area contributed by atoms with E-state index in [2.05, 4.69) is 0 Å². The Labute approximate surface area is 191 Å². The summed E-state index contributed by atoms with van der Waals surface area (Å²) in [6.45, 7) is 3.73. The predicted molar refractivity (Wildman–Crippen MR) is 120 cm³/mol. The minimum absolute atomic E-state index is 0.136. The van der Waals surface area contributed by atoms with Gasteiger partial charge < -0.3 is 24.8 Å². The van der Waals surface area contributed by atoms with Gasteiger partial charge in [-0.05, 0) is 18.2 Å². The van der Waals surface area contributed by atoms with Crippen LogP contribution in [0, 0.1) is 0 Å². The van der Waals surface area contributed by atoms with Gasteiger partial charge in [-0.15, -0.1) is 0 Å². The Bertz CT molecular complexity index is 1170. The van der Waals surface area contributed by atoms with Gasteiger partial charge in [0, 0.05) is 51.3 Å². The minimum atomic E-state index is -3.01. The third-order valence-corrected chi connectivity index (χ3v) is 8.89. The zero-order chi connectivity index (χ0) is 22.7. The van der Waals surface area contributed by atoms with Gasteiger partial charge in [-0.25, -0.2) is 9.34 Å². The molecule has 0 saturated carbocycles. The highest BCUT2D eigenvalue weighted by Crippen LogP contribution is 2.64. The smallest absolute Gasteiger partial charge is 0.346 e. The van der Waals surface area contributed by atoms with E-state index in [0.717, 1.165) is 31.7 Å². The Morgan fingerprint density at radius 2 is 1.85 bits per heavy atom. The molecule has 33 heavy (non-hydrogen) atoms. The van der Waals surface area contributed by atoms with Crippen LogP contribution < -0.4 is 19.9 Å². The largest absolute Gasteiger partial charge is 0.493 e. The molecule has 2 aromatic carbocycles. The number of fused-ring (bicyclic) bond motifs is 2. The first-order valence-electron chi connectivity index (χ1n) is 11.0. The summed E-state index contributed by atoms with van der Waals surface area (Å²) >= 11 is 0. The summed E-state index contributed by atoms with van der Waals surface area (Å²) in [5.41, 5.74) is 7.83. The molecule has 4 aliphatic heterocycles. The number of rotatable bonds is 6. The van der Waals surface area contributed by atoms with Crippen molar-refractivity contribution in [3.8, 4) is 23.0 Å². The lowest BCUT2D eigenvalue weighted by Crippen LogP contribution is -2.35. The second-order valence-corrected chi connectivity index (χ2v) is 10.9. The summed E-state index contributed by atoms with van der Waals surface area (Å²) in [6, 6.07) is 8.65.